The molecule has 2 heterocycles. The monoisotopic (exact) mass is 401 g/mol. The van der Waals surface area contributed by atoms with Crippen LogP contribution in [0.1, 0.15) is 12.1 Å². The first-order valence-electron chi connectivity index (χ1n) is 9.07. The standard InChI is InChI=1S/C22H16FN5O2/c23-17-14-15(22-25-11-13-30-22)6-7-19(17)28-12-9-20(29)21(27-28)18(8-10-24)26-16-4-2-1-3-5-16/h1-7,9-14,24H,8H2. The Kier molecular flexibility index (Phi) is 5.38. The van der Waals surface area contributed by atoms with E-state index < -0.39 is 5.82 Å². The number of hydrogen-bond acceptors (Lipinski definition) is 6. The third kappa shape index (κ3) is 3.97. The number of nitrogens with zero attached hydrogens (tertiary/aromatic N) is 4. The first-order chi connectivity index (χ1) is 14.7. The van der Waals surface area contributed by atoms with Gasteiger partial charge in [-0.1, -0.05) is 18.2 Å². The molecule has 0 aliphatic heterocycles. The number of benzene rings is 2. The molecule has 0 aliphatic rings. The topological polar surface area (TPSA) is 97.1 Å². The van der Waals surface area contributed by atoms with Crippen molar-refractivity contribution in [1.82, 2.24) is 14.8 Å². The molecule has 4 aromatic rings. The molecule has 7 nitrogen and oxygen atoms in total. The molecule has 0 atom stereocenters. The predicted octanol–water partition coefficient (Wildman–Crippen LogP) is 4.19. The molecule has 0 aliphatic carbocycles. The first kappa shape index (κ1) is 19.1. The van der Waals surface area contributed by atoms with Gasteiger partial charge in [0, 0.05) is 30.5 Å². The van der Waals surface area contributed by atoms with Gasteiger partial charge in [-0.25, -0.2) is 14.1 Å². The Morgan fingerprint density at radius 1 is 1.20 bits per heavy atom. The van der Waals surface area contributed by atoms with Crippen LogP contribution in [0.4, 0.5) is 10.1 Å². The van der Waals surface area contributed by atoms with Gasteiger partial charge >= 0.3 is 0 Å². The smallest absolute Gasteiger partial charge is 0.225 e. The fourth-order valence-corrected chi connectivity index (χ4v) is 2.88. The lowest BCUT2D eigenvalue weighted by molar-refractivity contribution is 0.571. The summed E-state index contributed by atoms with van der Waals surface area (Å²) in [5, 5.41) is 11.7. The molecular weight excluding hydrogens is 385 g/mol. The van der Waals surface area contributed by atoms with Crippen molar-refractivity contribution >= 4 is 17.6 Å². The number of para-hydroxylation sites is 1. The van der Waals surface area contributed by atoms with E-state index in [1.54, 1.807) is 18.2 Å². The van der Waals surface area contributed by atoms with Crippen molar-refractivity contribution in [2.24, 2.45) is 4.99 Å². The summed E-state index contributed by atoms with van der Waals surface area (Å²) in [6.07, 6.45) is 5.54. The summed E-state index contributed by atoms with van der Waals surface area (Å²) in [5.41, 5.74) is 1.29. The zero-order chi connectivity index (χ0) is 20.9. The Morgan fingerprint density at radius 3 is 2.73 bits per heavy atom. The molecular formula is C22H16FN5O2. The van der Waals surface area contributed by atoms with E-state index in [1.165, 1.54) is 41.5 Å². The van der Waals surface area contributed by atoms with Crippen molar-refractivity contribution in [3.63, 3.8) is 0 Å². The van der Waals surface area contributed by atoms with Gasteiger partial charge < -0.3 is 9.83 Å². The third-order valence-corrected chi connectivity index (χ3v) is 4.27. The zero-order valence-electron chi connectivity index (χ0n) is 15.7. The van der Waals surface area contributed by atoms with Crippen LogP contribution >= 0.6 is 0 Å². The minimum atomic E-state index is -0.554. The Hall–Kier alpha value is -4.20. The minimum absolute atomic E-state index is 0.0565. The van der Waals surface area contributed by atoms with Crippen molar-refractivity contribution in [1.29, 1.82) is 5.41 Å². The molecule has 1 N–H and O–H groups in total. The molecule has 0 saturated heterocycles. The summed E-state index contributed by atoms with van der Waals surface area (Å²) in [7, 11) is 0. The van der Waals surface area contributed by atoms with Gasteiger partial charge in [-0.15, -0.1) is 0 Å². The second-order valence-electron chi connectivity index (χ2n) is 6.28. The number of nitrogens with one attached hydrogen (secondary N) is 1. The quantitative estimate of drug-likeness (QED) is 0.490. The maximum absolute atomic E-state index is 14.8. The second kappa shape index (κ2) is 8.44. The molecule has 0 unspecified atom stereocenters. The average Bonchev–Trinajstić information content (AvgIpc) is 3.30. The van der Waals surface area contributed by atoms with Gasteiger partial charge in [0.15, 0.2) is 5.69 Å². The highest BCUT2D eigenvalue weighted by atomic mass is 19.1. The Morgan fingerprint density at radius 2 is 2.03 bits per heavy atom. The predicted molar refractivity (Wildman–Crippen MR) is 111 cm³/mol. The van der Waals surface area contributed by atoms with Crippen LogP contribution in [0.25, 0.3) is 17.1 Å². The van der Waals surface area contributed by atoms with Crippen molar-refractivity contribution in [2.75, 3.05) is 0 Å². The molecule has 0 bridgehead atoms. The van der Waals surface area contributed by atoms with Gasteiger partial charge in [0.2, 0.25) is 11.3 Å². The summed E-state index contributed by atoms with van der Waals surface area (Å²) < 4.78 is 21.2. The van der Waals surface area contributed by atoms with Gasteiger partial charge in [-0.05, 0) is 30.3 Å². The summed E-state index contributed by atoms with van der Waals surface area (Å²) in [5.74, 6) is -0.251. The van der Waals surface area contributed by atoms with E-state index in [1.807, 2.05) is 18.2 Å². The average molecular weight is 401 g/mol. The molecule has 4 rings (SSSR count). The molecule has 0 radical (unpaired) electrons. The molecule has 0 saturated carbocycles. The molecule has 0 spiro atoms. The normalized spacial score (nSPS) is 11.4. The van der Waals surface area contributed by atoms with Gasteiger partial charge in [0.05, 0.1) is 17.6 Å². The molecule has 2 aromatic carbocycles. The molecule has 0 fully saturated rings. The summed E-state index contributed by atoms with van der Waals surface area (Å²) >= 11 is 0. The highest BCUT2D eigenvalue weighted by molar-refractivity contribution is 6.06. The van der Waals surface area contributed by atoms with Crippen LogP contribution in [0.2, 0.25) is 0 Å². The Bertz CT molecular complexity index is 1260. The lowest BCUT2D eigenvalue weighted by Gasteiger charge is -2.10. The summed E-state index contributed by atoms with van der Waals surface area (Å²) in [6.45, 7) is 0. The van der Waals surface area contributed by atoms with Crippen LogP contribution < -0.4 is 5.43 Å². The van der Waals surface area contributed by atoms with Crippen LogP contribution in [-0.2, 0) is 0 Å². The Labute approximate surface area is 170 Å². The molecule has 2 aromatic heterocycles. The Balaban J connectivity index is 1.77. The fraction of sp³-hybridized carbons (Fsp3) is 0.0455. The number of aromatic nitrogens is 3. The third-order valence-electron chi connectivity index (χ3n) is 4.27. The van der Waals surface area contributed by atoms with Crippen LogP contribution in [-0.4, -0.2) is 26.7 Å². The van der Waals surface area contributed by atoms with Crippen LogP contribution in [0.15, 0.2) is 87.5 Å². The number of hydrogen-bond donors (Lipinski definition) is 1. The van der Waals surface area contributed by atoms with E-state index in [4.69, 9.17) is 9.83 Å². The van der Waals surface area contributed by atoms with Gasteiger partial charge in [0.1, 0.15) is 17.8 Å². The number of halogens is 1. The molecule has 0 amide bonds. The second-order valence-corrected chi connectivity index (χ2v) is 6.28. The maximum Gasteiger partial charge on any atom is 0.225 e. The van der Waals surface area contributed by atoms with Gasteiger partial charge in [0.25, 0.3) is 0 Å². The maximum atomic E-state index is 14.8. The number of oxazole rings is 1. The summed E-state index contributed by atoms with van der Waals surface area (Å²) in [6, 6.07) is 14.8. The highest BCUT2D eigenvalue weighted by Gasteiger charge is 2.14. The van der Waals surface area contributed by atoms with E-state index in [9.17, 15) is 9.18 Å². The molecule has 8 heteroatoms. The molecule has 30 heavy (non-hydrogen) atoms. The highest BCUT2D eigenvalue weighted by Crippen LogP contribution is 2.22. The summed E-state index contributed by atoms with van der Waals surface area (Å²) in [4.78, 5) is 20.9. The van der Waals surface area contributed by atoms with Gasteiger partial charge in [-0.3, -0.25) is 9.79 Å². The fourth-order valence-electron chi connectivity index (χ4n) is 2.88. The van der Waals surface area contributed by atoms with Crippen LogP contribution in [0.3, 0.4) is 0 Å². The SMILES string of the molecule is N=CCC(=Nc1ccccc1)c1nn(-c2ccc(-c3ncco3)cc2F)ccc1=O. The van der Waals surface area contributed by atoms with E-state index in [-0.39, 0.29) is 23.2 Å². The zero-order valence-corrected chi connectivity index (χ0v) is 15.7. The first-order valence-corrected chi connectivity index (χ1v) is 9.07. The van der Waals surface area contributed by atoms with Crippen molar-refractivity contribution in [3.8, 4) is 17.1 Å². The number of rotatable bonds is 6. The van der Waals surface area contributed by atoms with E-state index in [0.29, 0.717) is 22.9 Å². The lowest BCUT2D eigenvalue weighted by Crippen LogP contribution is -2.21. The largest absolute Gasteiger partial charge is 0.445 e. The lowest BCUT2D eigenvalue weighted by atomic mass is 10.1. The van der Waals surface area contributed by atoms with Crippen molar-refractivity contribution < 1.29 is 8.81 Å². The van der Waals surface area contributed by atoms with Crippen molar-refractivity contribution in [3.05, 3.63) is 95.0 Å². The van der Waals surface area contributed by atoms with Crippen molar-refractivity contribution in [2.45, 2.75) is 6.42 Å². The van der Waals surface area contributed by atoms with E-state index in [2.05, 4.69) is 15.1 Å². The minimum Gasteiger partial charge on any atom is -0.445 e. The van der Waals surface area contributed by atoms with E-state index in [0.717, 1.165) is 6.21 Å². The van der Waals surface area contributed by atoms with Crippen LogP contribution in [0, 0.1) is 11.2 Å². The molecule has 148 valence electrons. The number of aliphatic imine (C=N–C) groups is 1. The van der Waals surface area contributed by atoms with E-state index >= 15 is 0 Å². The van der Waals surface area contributed by atoms with Crippen LogP contribution in [0.5, 0.6) is 0 Å². The van der Waals surface area contributed by atoms with Gasteiger partial charge in [-0.2, -0.15) is 5.10 Å².